The van der Waals surface area contributed by atoms with E-state index in [4.69, 9.17) is 5.73 Å². The lowest BCUT2D eigenvalue weighted by Gasteiger charge is -2.21. The van der Waals surface area contributed by atoms with Crippen LogP contribution in [0.15, 0.2) is 34.8 Å². The van der Waals surface area contributed by atoms with Crippen molar-refractivity contribution in [1.29, 1.82) is 0 Å². The van der Waals surface area contributed by atoms with Crippen molar-refractivity contribution in [3.63, 3.8) is 0 Å². The Kier molecular flexibility index (Phi) is 2.36. The number of fused-ring (bicyclic) bond motifs is 3. The Morgan fingerprint density at radius 3 is 2.59 bits per heavy atom. The maximum Gasteiger partial charge on any atom is 0.0306 e. The van der Waals surface area contributed by atoms with Crippen LogP contribution in [0.3, 0.4) is 0 Å². The van der Waals surface area contributed by atoms with E-state index in [1.54, 1.807) is 0 Å². The van der Waals surface area contributed by atoms with Crippen molar-refractivity contribution in [2.75, 3.05) is 0 Å². The second-order valence-electron chi connectivity index (χ2n) is 5.56. The lowest BCUT2D eigenvalue weighted by atomic mass is 9.83. The van der Waals surface area contributed by atoms with E-state index in [9.17, 15) is 0 Å². The molecule has 2 aromatic rings. The molecule has 0 amide bonds. The summed E-state index contributed by atoms with van der Waals surface area (Å²) in [7, 11) is 0. The van der Waals surface area contributed by atoms with Crippen LogP contribution in [0, 0.1) is 0 Å². The largest absolute Gasteiger partial charge is 0.324 e. The molecule has 0 fully saturated rings. The van der Waals surface area contributed by atoms with E-state index in [0.29, 0.717) is 0 Å². The minimum absolute atomic E-state index is 0.168. The second kappa shape index (κ2) is 3.56. The third-order valence-electron chi connectivity index (χ3n) is 3.83. The molecule has 2 aromatic carbocycles. The molecule has 0 saturated carbocycles. The first-order valence-corrected chi connectivity index (χ1v) is 6.77. The molecule has 1 nitrogen and oxygen atoms in total. The summed E-state index contributed by atoms with van der Waals surface area (Å²) in [6.07, 6.45) is 1.03. The number of nitrogens with two attached hydrogens (primary N) is 1. The van der Waals surface area contributed by atoms with Crippen molar-refractivity contribution >= 4 is 26.7 Å². The molecule has 1 aliphatic rings. The summed E-state index contributed by atoms with van der Waals surface area (Å²) in [6, 6.07) is 10.9. The van der Waals surface area contributed by atoms with Crippen LogP contribution < -0.4 is 5.73 Å². The van der Waals surface area contributed by atoms with Gasteiger partial charge in [0.2, 0.25) is 0 Å². The molecule has 1 atom stereocenters. The van der Waals surface area contributed by atoms with Crippen molar-refractivity contribution < 1.29 is 0 Å². The molecule has 2 N–H and O–H groups in total. The smallest absolute Gasteiger partial charge is 0.0306 e. The SMILES string of the molecule is CC1(C)C[C@@H](N)c2cc(Br)c3ccccc3c21. The molecule has 0 saturated heterocycles. The molecule has 2 heteroatoms. The maximum absolute atomic E-state index is 6.26. The Bertz CT molecular complexity index is 601. The molecule has 3 rings (SSSR count). The number of hydrogen-bond acceptors (Lipinski definition) is 1. The molecule has 0 aromatic heterocycles. The quantitative estimate of drug-likeness (QED) is 0.770. The van der Waals surface area contributed by atoms with Crippen LogP contribution in [0.5, 0.6) is 0 Å². The van der Waals surface area contributed by atoms with E-state index in [2.05, 4.69) is 60.1 Å². The van der Waals surface area contributed by atoms with Gasteiger partial charge in [-0.15, -0.1) is 0 Å². The fourth-order valence-electron chi connectivity index (χ4n) is 3.16. The third kappa shape index (κ3) is 1.54. The van der Waals surface area contributed by atoms with Gasteiger partial charge in [-0.2, -0.15) is 0 Å². The minimum atomic E-state index is 0.168. The van der Waals surface area contributed by atoms with Crippen LogP contribution in [0.25, 0.3) is 10.8 Å². The minimum Gasteiger partial charge on any atom is -0.324 e. The summed E-state index contributed by atoms with van der Waals surface area (Å²) < 4.78 is 1.15. The van der Waals surface area contributed by atoms with E-state index in [1.807, 2.05) is 0 Å². The highest BCUT2D eigenvalue weighted by molar-refractivity contribution is 9.10. The Balaban J connectivity index is 2.47. The molecular weight excluding hydrogens is 274 g/mol. The zero-order valence-electron chi connectivity index (χ0n) is 10.1. The predicted molar refractivity (Wildman–Crippen MR) is 76.2 cm³/mol. The van der Waals surface area contributed by atoms with Gasteiger partial charge in [0.15, 0.2) is 0 Å². The first-order chi connectivity index (χ1) is 8.00. The lowest BCUT2D eigenvalue weighted by molar-refractivity contribution is 0.483. The average Bonchev–Trinajstić information content (AvgIpc) is 2.49. The van der Waals surface area contributed by atoms with Gasteiger partial charge in [-0.3, -0.25) is 0 Å². The Morgan fingerprint density at radius 2 is 1.88 bits per heavy atom. The molecule has 0 aliphatic heterocycles. The van der Waals surface area contributed by atoms with E-state index < -0.39 is 0 Å². The van der Waals surface area contributed by atoms with Crippen LogP contribution in [0.1, 0.15) is 37.4 Å². The number of hydrogen-bond donors (Lipinski definition) is 1. The summed E-state index contributed by atoms with van der Waals surface area (Å²) in [6.45, 7) is 4.58. The van der Waals surface area contributed by atoms with Crippen LogP contribution in [-0.2, 0) is 5.41 Å². The summed E-state index contributed by atoms with van der Waals surface area (Å²) in [5.41, 5.74) is 9.18. The fourth-order valence-corrected chi connectivity index (χ4v) is 3.75. The van der Waals surface area contributed by atoms with Crippen LogP contribution in [0.4, 0.5) is 0 Å². The third-order valence-corrected chi connectivity index (χ3v) is 4.49. The molecular formula is C15H16BrN. The van der Waals surface area contributed by atoms with Gasteiger partial charge in [-0.25, -0.2) is 0 Å². The molecule has 1 aliphatic carbocycles. The standard InChI is InChI=1S/C15H16BrN/c1-15(2)8-13(17)11-7-12(16)9-5-3-4-6-10(9)14(11)15/h3-7,13H,8,17H2,1-2H3/t13-/m1/s1. The molecule has 0 radical (unpaired) electrons. The van der Waals surface area contributed by atoms with Crippen molar-refractivity contribution in [3.05, 3.63) is 45.9 Å². The zero-order valence-corrected chi connectivity index (χ0v) is 11.7. The monoisotopic (exact) mass is 289 g/mol. The van der Waals surface area contributed by atoms with Gasteiger partial charge >= 0.3 is 0 Å². The molecule has 88 valence electrons. The van der Waals surface area contributed by atoms with Gasteiger partial charge < -0.3 is 5.73 Å². The van der Waals surface area contributed by atoms with Crippen molar-refractivity contribution in [2.24, 2.45) is 5.73 Å². The zero-order chi connectivity index (χ0) is 12.2. The van der Waals surface area contributed by atoms with E-state index in [0.717, 1.165) is 10.9 Å². The van der Waals surface area contributed by atoms with Crippen molar-refractivity contribution in [3.8, 4) is 0 Å². The van der Waals surface area contributed by atoms with E-state index >= 15 is 0 Å². The summed E-state index contributed by atoms with van der Waals surface area (Å²) in [4.78, 5) is 0. The summed E-state index contributed by atoms with van der Waals surface area (Å²) in [5, 5.41) is 2.63. The molecule has 0 heterocycles. The van der Waals surface area contributed by atoms with E-state index in [1.165, 1.54) is 21.9 Å². The molecule has 17 heavy (non-hydrogen) atoms. The number of rotatable bonds is 0. The van der Waals surface area contributed by atoms with Crippen LogP contribution >= 0.6 is 15.9 Å². The van der Waals surface area contributed by atoms with Gasteiger partial charge in [0.05, 0.1) is 0 Å². The second-order valence-corrected chi connectivity index (χ2v) is 6.42. The van der Waals surface area contributed by atoms with Crippen LogP contribution in [0.2, 0.25) is 0 Å². The Labute approximate surface area is 110 Å². The molecule has 0 spiro atoms. The number of benzene rings is 2. The summed E-state index contributed by atoms with van der Waals surface area (Å²) >= 11 is 3.66. The van der Waals surface area contributed by atoms with Crippen molar-refractivity contribution in [1.82, 2.24) is 0 Å². The highest BCUT2D eigenvalue weighted by atomic mass is 79.9. The summed E-state index contributed by atoms with van der Waals surface area (Å²) in [5.74, 6) is 0. The molecule has 0 bridgehead atoms. The molecule has 0 unspecified atom stereocenters. The Morgan fingerprint density at radius 1 is 1.24 bits per heavy atom. The van der Waals surface area contributed by atoms with Crippen molar-refractivity contribution in [2.45, 2.75) is 31.7 Å². The predicted octanol–water partition coefficient (Wildman–Crippen LogP) is 4.28. The van der Waals surface area contributed by atoms with Gasteiger partial charge in [-0.05, 0) is 39.8 Å². The Hall–Kier alpha value is -0.860. The van der Waals surface area contributed by atoms with Crippen LogP contribution in [-0.4, -0.2) is 0 Å². The highest BCUT2D eigenvalue weighted by Gasteiger charge is 2.36. The topological polar surface area (TPSA) is 26.0 Å². The lowest BCUT2D eigenvalue weighted by Crippen LogP contribution is -2.14. The first kappa shape index (κ1) is 11.2. The van der Waals surface area contributed by atoms with Gasteiger partial charge in [-0.1, -0.05) is 54.0 Å². The average molecular weight is 290 g/mol. The van der Waals surface area contributed by atoms with Gasteiger partial charge in [0.1, 0.15) is 0 Å². The first-order valence-electron chi connectivity index (χ1n) is 5.98. The van der Waals surface area contributed by atoms with Gasteiger partial charge in [0, 0.05) is 10.5 Å². The van der Waals surface area contributed by atoms with Gasteiger partial charge in [0.25, 0.3) is 0 Å². The highest BCUT2D eigenvalue weighted by Crippen LogP contribution is 2.48. The van der Waals surface area contributed by atoms with E-state index in [-0.39, 0.29) is 11.5 Å². The fraction of sp³-hybridized carbons (Fsp3) is 0.333. The number of halogens is 1. The maximum atomic E-state index is 6.26. The normalized spacial score (nSPS) is 21.8.